The molecule has 1 N–H and O–H groups in total. The molecule has 2 aromatic rings. The summed E-state index contributed by atoms with van der Waals surface area (Å²) >= 11 is 0. The highest BCUT2D eigenvalue weighted by molar-refractivity contribution is 5.94. The van der Waals surface area contributed by atoms with E-state index in [2.05, 4.69) is 29.0 Å². The van der Waals surface area contributed by atoms with Crippen LogP contribution in [0, 0.1) is 6.92 Å². The van der Waals surface area contributed by atoms with Gasteiger partial charge in [-0.25, -0.2) is 4.98 Å². The number of aromatic nitrogens is 1. The van der Waals surface area contributed by atoms with Gasteiger partial charge in [0.2, 0.25) is 0 Å². The Morgan fingerprint density at radius 2 is 1.96 bits per heavy atom. The summed E-state index contributed by atoms with van der Waals surface area (Å²) in [5.41, 5.74) is 0.535. The molecule has 0 bridgehead atoms. The van der Waals surface area contributed by atoms with Crippen LogP contribution in [0.25, 0.3) is 0 Å². The zero-order valence-electron chi connectivity index (χ0n) is 15.2. The summed E-state index contributed by atoms with van der Waals surface area (Å²) in [5.74, 6) is 2.28. The summed E-state index contributed by atoms with van der Waals surface area (Å²) in [6.07, 6.45) is 1.97. The lowest BCUT2D eigenvalue weighted by Gasteiger charge is -2.36. The molecule has 0 unspecified atom stereocenters. The third kappa shape index (κ3) is 4.20. The van der Waals surface area contributed by atoms with Gasteiger partial charge in [-0.1, -0.05) is 0 Å². The van der Waals surface area contributed by atoms with Gasteiger partial charge < -0.3 is 19.4 Å². The molecule has 0 saturated carbocycles. The van der Waals surface area contributed by atoms with E-state index in [1.807, 2.05) is 38.1 Å². The molecule has 3 rings (SSSR count). The van der Waals surface area contributed by atoms with E-state index < -0.39 is 0 Å². The van der Waals surface area contributed by atoms with Crippen molar-refractivity contribution >= 4 is 11.7 Å². The molecular weight excluding hydrogens is 318 g/mol. The fraction of sp³-hybridized carbons (Fsp3) is 0.474. The van der Waals surface area contributed by atoms with Gasteiger partial charge in [-0.15, -0.1) is 0 Å². The van der Waals surface area contributed by atoms with Gasteiger partial charge in [0.1, 0.15) is 17.3 Å². The maximum Gasteiger partial charge on any atom is 0.253 e. The largest absolute Gasteiger partial charge is 0.464 e. The molecule has 1 aliphatic rings. The first-order chi connectivity index (χ1) is 11.9. The van der Waals surface area contributed by atoms with E-state index >= 15 is 0 Å². The van der Waals surface area contributed by atoms with Gasteiger partial charge in [0.15, 0.2) is 0 Å². The van der Waals surface area contributed by atoms with Crippen LogP contribution in [0.15, 0.2) is 34.9 Å². The maximum absolute atomic E-state index is 12.4. The number of hydrogen-bond donors (Lipinski definition) is 1. The molecule has 6 nitrogen and oxygen atoms in total. The molecule has 2 aromatic heterocycles. The number of carbonyl (C=O) groups excluding carboxylic acids is 1. The van der Waals surface area contributed by atoms with E-state index in [1.54, 1.807) is 6.20 Å². The molecule has 25 heavy (non-hydrogen) atoms. The van der Waals surface area contributed by atoms with Crippen LogP contribution in [0.1, 0.15) is 48.7 Å². The molecule has 1 aliphatic heterocycles. The maximum atomic E-state index is 12.4. The first kappa shape index (κ1) is 17.5. The molecule has 1 fully saturated rings. The van der Waals surface area contributed by atoms with Gasteiger partial charge in [0.05, 0.1) is 23.8 Å². The van der Waals surface area contributed by atoms with Crippen molar-refractivity contribution in [2.24, 2.45) is 0 Å². The minimum Gasteiger partial charge on any atom is -0.464 e. The topological polar surface area (TPSA) is 67.6 Å². The molecule has 0 spiro atoms. The van der Waals surface area contributed by atoms with Gasteiger partial charge in [0, 0.05) is 19.3 Å². The lowest BCUT2D eigenvalue weighted by atomic mass is 10.2. The average Bonchev–Trinajstić information content (AvgIpc) is 3.00. The van der Waals surface area contributed by atoms with Crippen molar-refractivity contribution < 1.29 is 13.9 Å². The second-order valence-corrected chi connectivity index (χ2v) is 6.71. The molecule has 3 atom stereocenters. The molecule has 3 heterocycles. The van der Waals surface area contributed by atoms with Crippen molar-refractivity contribution in [2.45, 2.75) is 45.9 Å². The van der Waals surface area contributed by atoms with Crippen LogP contribution in [-0.2, 0) is 4.74 Å². The highest BCUT2D eigenvalue weighted by atomic mass is 16.5. The lowest BCUT2D eigenvalue weighted by molar-refractivity contribution is -0.00546. The fourth-order valence-electron chi connectivity index (χ4n) is 3.11. The smallest absolute Gasteiger partial charge is 0.253 e. The van der Waals surface area contributed by atoms with Crippen molar-refractivity contribution in [1.82, 2.24) is 10.3 Å². The Morgan fingerprint density at radius 1 is 1.24 bits per heavy atom. The number of ether oxygens (including phenoxy) is 1. The summed E-state index contributed by atoms with van der Waals surface area (Å²) in [6, 6.07) is 7.27. The van der Waals surface area contributed by atoms with Gasteiger partial charge in [-0.2, -0.15) is 0 Å². The molecule has 0 aliphatic carbocycles. The quantitative estimate of drug-likeness (QED) is 0.924. The predicted molar refractivity (Wildman–Crippen MR) is 95.8 cm³/mol. The van der Waals surface area contributed by atoms with Gasteiger partial charge >= 0.3 is 0 Å². The number of pyridine rings is 1. The Labute approximate surface area is 148 Å². The number of carbonyl (C=O) groups is 1. The summed E-state index contributed by atoms with van der Waals surface area (Å²) < 4.78 is 11.3. The Balaban J connectivity index is 1.64. The Hall–Kier alpha value is -2.34. The minimum absolute atomic E-state index is 0.163. The number of nitrogens with one attached hydrogen (secondary N) is 1. The Bertz CT molecular complexity index is 716. The third-order valence-electron chi connectivity index (χ3n) is 4.29. The third-order valence-corrected chi connectivity index (χ3v) is 4.29. The van der Waals surface area contributed by atoms with Gasteiger partial charge in [-0.3, -0.25) is 4.79 Å². The zero-order valence-corrected chi connectivity index (χ0v) is 15.2. The standard InChI is InChI=1S/C19H25N3O3/c1-12-5-7-17(25-12)15(4)21-19(23)16-6-8-18(20-9-16)22-10-13(2)24-14(3)11-22/h5-9,13-15H,10-11H2,1-4H3,(H,21,23)/t13-,14+,15-/m0/s1. The SMILES string of the molecule is Cc1ccc([C@H](C)NC(=O)c2ccc(N3C[C@@H](C)O[C@@H](C)C3)nc2)o1. The summed E-state index contributed by atoms with van der Waals surface area (Å²) in [6.45, 7) is 9.50. The summed E-state index contributed by atoms with van der Waals surface area (Å²) in [5, 5.41) is 2.93. The monoisotopic (exact) mass is 343 g/mol. The number of aryl methyl sites for hydroxylation is 1. The van der Waals surface area contributed by atoms with E-state index in [0.29, 0.717) is 5.56 Å². The van der Waals surface area contributed by atoms with Crippen molar-refractivity contribution in [3.8, 4) is 0 Å². The second-order valence-electron chi connectivity index (χ2n) is 6.71. The van der Waals surface area contributed by atoms with E-state index in [4.69, 9.17) is 9.15 Å². The van der Waals surface area contributed by atoms with Crippen LogP contribution in [0.2, 0.25) is 0 Å². The molecule has 134 valence electrons. The first-order valence-corrected chi connectivity index (χ1v) is 8.66. The van der Waals surface area contributed by atoms with E-state index in [-0.39, 0.29) is 24.2 Å². The number of anilines is 1. The summed E-state index contributed by atoms with van der Waals surface area (Å²) in [4.78, 5) is 19.1. The zero-order chi connectivity index (χ0) is 18.0. The molecule has 0 aromatic carbocycles. The number of nitrogens with zero attached hydrogens (tertiary/aromatic N) is 2. The molecule has 1 saturated heterocycles. The van der Waals surface area contributed by atoms with Crippen molar-refractivity contribution in [1.29, 1.82) is 0 Å². The lowest BCUT2D eigenvalue weighted by Crippen LogP contribution is -2.45. The van der Waals surface area contributed by atoms with Crippen LogP contribution in [0.3, 0.4) is 0 Å². The average molecular weight is 343 g/mol. The minimum atomic E-state index is -0.193. The highest BCUT2D eigenvalue weighted by Crippen LogP contribution is 2.19. The van der Waals surface area contributed by atoms with Crippen LogP contribution < -0.4 is 10.2 Å². The number of amides is 1. The number of hydrogen-bond acceptors (Lipinski definition) is 5. The van der Waals surface area contributed by atoms with Crippen molar-refractivity contribution in [2.75, 3.05) is 18.0 Å². The van der Waals surface area contributed by atoms with Gasteiger partial charge in [-0.05, 0) is 52.0 Å². The Kier molecular flexibility index (Phi) is 5.08. The van der Waals surface area contributed by atoms with Crippen LogP contribution in [0.4, 0.5) is 5.82 Å². The first-order valence-electron chi connectivity index (χ1n) is 8.66. The van der Waals surface area contributed by atoms with Crippen molar-refractivity contribution in [3.63, 3.8) is 0 Å². The van der Waals surface area contributed by atoms with Crippen LogP contribution >= 0.6 is 0 Å². The predicted octanol–water partition coefficient (Wildman–Crippen LogP) is 3.09. The van der Waals surface area contributed by atoms with E-state index in [9.17, 15) is 4.79 Å². The molecule has 6 heteroatoms. The number of morpholine rings is 1. The van der Waals surface area contributed by atoms with E-state index in [1.165, 1.54) is 0 Å². The van der Waals surface area contributed by atoms with E-state index in [0.717, 1.165) is 30.4 Å². The fourth-order valence-corrected chi connectivity index (χ4v) is 3.11. The number of furan rings is 1. The summed E-state index contributed by atoms with van der Waals surface area (Å²) in [7, 11) is 0. The van der Waals surface area contributed by atoms with Crippen LogP contribution in [0.5, 0.6) is 0 Å². The highest BCUT2D eigenvalue weighted by Gasteiger charge is 2.23. The second kappa shape index (κ2) is 7.27. The van der Waals surface area contributed by atoms with Crippen molar-refractivity contribution in [3.05, 3.63) is 47.5 Å². The Morgan fingerprint density at radius 3 is 2.52 bits per heavy atom. The van der Waals surface area contributed by atoms with Gasteiger partial charge in [0.25, 0.3) is 5.91 Å². The normalized spacial score (nSPS) is 21.8. The number of rotatable bonds is 4. The van der Waals surface area contributed by atoms with Crippen LogP contribution in [-0.4, -0.2) is 36.2 Å². The molecular formula is C19H25N3O3. The molecule has 1 amide bonds. The molecule has 0 radical (unpaired) electrons.